The van der Waals surface area contributed by atoms with Gasteiger partial charge in [-0.2, -0.15) is 0 Å². The van der Waals surface area contributed by atoms with Crippen molar-refractivity contribution in [2.75, 3.05) is 7.11 Å². The zero-order valence-corrected chi connectivity index (χ0v) is 17.5. The summed E-state index contributed by atoms with van der Waals surface area (Å²) in [4.78, 5) is 36.4. The van der Waals surface area contributed by atoms with Crippen LogP contribution in [0.15, 0.2) is 27.9 Å². The van der Waals surface area contributed by atoms with Gasteiger partial charge >= 0.3 is 152 Å². The fourth-order valence-corrected chi connectivity index (χ4v) is 11.4. The molecule has 0 fully saturated rings. The summed E-state index contributed by atoms with van der Waals surface area (Å²) in [7, 11) is 1.50. The van der Waals surface area contributed by atoms with E-state index in [1.54, 1.807) is 18.2 Å². The molecule has 0 saturated heterocycles. The Hall–Kier alpha value is -1.84. The molecule has 1 aromatic carbocycles. The number of hydrogen-bond acceptors (Lipinski definition) is 6. The maximum atomic E-state index is 12.6. The van der Waals surface area contributed by atoms with Crippen molar-refractivity contribution in [3.63, 3.8) is 0 Å². The summed E-state index contributed by atoms with van der Waals surface area (Å²) in [5, 5.41) is 0. The third-order valence-electron chi connectivity index (χ3n) is 3.50. The third kappa shape index (κ3) is 3.73. The molecule has 0 amide bonds. The molecule has 1 aliphatic heterocycles. The summed E-state index contributed by atoms with van der Waals surface area (Å²) >= 11 is -4.43. The van der Waals surface area contributed by atoms with Crippen LogP contribution >= 0.6 is 0 Å². The number of rotatable bonds is 3. The van der Waals surface area contributed by atoms with Gasteiger partial charge in [-0.3, -0.25) is 0 Å². The number of ketones is 1. The number of carbonyl (C=O) groups is 3. The molecule has 0 bridgehead atoms. The maximum absolute atomic E-state index is 12.6. The summed E-state index contributed by atoms with van der Waals surface area (Å²) in [6.07, 6.45) is 1.46. The Labute approximate surface area is 152 Å². The van der Waals surface area contributed by atoms with Crippen LogP contribution in [0.25, 0.3) is 0 Å². The summed E-state index contributed by atoms with van der Waals surface area (Å²) < 4.78 is 17.8. The van der Waals surface area contributed by atoms with E-state index in [1.165, 1.54) is 27.0 Å². The number of allylic oxidation sites excluding steroid dienone is 2. The first-order valence-corrected chi connectivity index (χ1v) is 11.9. The molecule has 0 aliphatic carbocycles. The van der Waals surface area contributed by atoms with Gasteiger partial charge in [-0.15, -0.1) is 0 Å². The van der Waals surface area contributed by atoms with Crippen molar-refractivity contribution >= 4 is 40.3 Å². The van der Waals surface area contributed by atoms with Crippen LogP contribution in [-0.4, -0.2) is 43.8 Å². The zero-order valence-electron chi connectivity index (χ0n) is 15.2. The van der Waals surface area contributed by atoms with Crippen LogP contribution in [-0.2, 0) is 15.8 Å². The molecule has 1 aliphatic rings. The molecule has 0 spiro atoms. The Morgan fingerprint density at radius 1 is 1.04 bits per heavy atom. The third-order valence-corrected chi connectivity index (χ3v) is 12.5. The van der Waals surface area contributed by atoms with Gasteiger partial charge in [0.2, 0.25) is 0 Å². The van der Waals surface area contributed by atoms with Gasteiger partial charge < -0.3 is 0 Å². The number of methoxy groups -OCH3 is 1. The second kappa shape index (κ2) is 6.81. The van der Waals surface area contributed by atoms with Crippen LogP contribution in [0.5, 0.6) is 5.75 Å². The Kier molecular flexibility index (Phi) is 5.31. The summed E-state index contributed by atoms with van der Waals surface area (Å²) in [5.74, 6) is -0.818. The molecule has 7 heteroatoms. The van der Waals surface area contributed by atoms with Crippen molar-refractivity contribution in [3.05, 3.63) is 33.5 Å². The number of carbonyl (C=O) groups excluding carboxylic acids is 3. The SMILES string of the molecule is COc1ccc2c(c1)[Te](OC(C)=O)(OC(C)=O)C(C(C)(C)C)=CC2=O. The number of fused-ring (bicyclic) bond motifs is 1. The van der Waals surface area contributed by atoms with E-state index < -0.39 is 36.4 Å². The molecule has 0 saturated carbocycles. The van der Waals surface area contributed by atoms with Crippen molar-refractivity contribution in [1.82, 2.24) is 0 Å². The molecule has 0 N–H and O–H groups in total. The van der Waals surface area contributed by atoms with Gasteiger partial charge in [-0.25, -0.2) is 0 Å². The van der Waals surface area contributed by atoms with E-state index in [1.807, 2.05) is 20.8 Å². The number of hydrogen-bond donors (Lipinski definition) is 0. The molecule has 1 aromatic rings. The zero-order chi connectivity index (χ0) is 19.0. The molecule has 0 aromatic heterocycles. The summed E-state index contributed by atoms with van der Waals surface area (Å²) in [6, 6.07) is 4.90. The van der Waals surface area contributed by atoms with Crippen LogP contribution in [0.3, 0.4) is 0 Å². The van der Waals surface area contributed by atoms with Crippen LogP contribution < -0.4 is 8.35 Å². The van der Waals surface area contributed by atoms with E-state index in [2.05, 4.69) is 0 Å². The first kappa shape index (κ1) is 19.5. The molecular weight excluding hydrogens is 440 g/mol. The van der Waals surface area contributed by atoms with Crippen molar-refractivity contribution in [2.24, 2.45) is 5.41 Å². The fourth-order valence-electron chi connectivity index (χ4n) is 2.60. The van der Waals surface area contributed by atoms with Gasteiger partial charge in [0.1, 0.15) is 0 Å². The normalized spacial score (nSPS) is 17.0. The Bertz CT molecular complexity index is 756. The van der Waals surface area contributed by atoms with Crippen LogP contribution in [0.4, 0.5) is 0 Å². The Morgan fingerprint density at radius 2 is 1.60 bits per heavy atom. The average molecular weight is 462 g/mol. The Morgan fingerprint density at radius 3 is 2.04 bits per heavy atom. The van der Waals surface area contributed by atoms with E-state index in [9.17, 15) is 14.4 Å². The molecule has 0 radical (unpaired) electrons. The van der Waals surface area contributed by atoms with Gasteiger partial charge in [0.05, 0.1) is 0 Å². The van der Waals surface area contributed by atoms with Gasteiger partial charge in [0.15, 0.2) is 0 Å². The standard InChI is InChI=1S/C18H22O6Te/c1-11(19)23-25(24-12(2)20)16-9-13(22-6)7-8-14(16)15(21)10-17(25)18(3,4)5/h7-10H,1-6H3. The predicted octanol–water partition coefficient (Wildman–Crippen LogP) is 2.18. The number of benzene rings is 1. The van der Waals surface area contributed by atoms with E-state index in [0.29, 0.717) is 18.5 Å². The quantitative estimate of drug-likeness (QED) is 0.642. The fraction of sp³-hybridized carbons (Fsp3) is 0.389. The minimum atomic E-state index is -4.43. The molecule has 136 valence electrons. The number of ether oxygens (including phenoxy) is 1. The molecule has 6 nitrogen and oxygen atoms in total. The first-order valence-electron chi connectivity index (χ1n) is 7.69. The van der Waals surface area contributed by atoms with Crippen molar-refractivity contribution < 1.29 is 25.3 Å². The van der Waals surface area contributed by atoms with Gasteiger partial charge in [0, 0.05) is 0 Å². The van der Waals surface area contributed by atoms with Gasteiger partial charge in [-0.1, -0.05) is 0 Å². The van der Waals surface area contributed by atoms with E-state index in [4.69, 9.17) is 10.9 Å². The predicted molar refractivity (Wildman–Crippen MR) is 93.8 cm³/mol. The van der Waals surface area contributed by atoms with E-state index in [0.717, 1.165) is 0 Å². The molecule has 0 atom stereocenters. The topological polar surface area (TPSA) is 78.9 Å². The van der Waals surface area contributed by atoms with Crippen LogP contribution in [0, 0.1) is 5.41 Å². The molecule has 1 heterocycles. The van der Waals surface area contributed by atoms with E-state index >= 15 is 0 Å². The monoisotopic (exact) mass is 464 g/mol. The van der Waals surface area contributed by atoms with Crippen molar-refractivity contribution in [3.8, 4) is 5.75 Å². The van der Waals surface area contributed by atoms with Crippen LogP contribution in [0.2, 0.25) is 0 Å². The minimum absolute atomic E-state index is 0.205. The second-order valence-corrected chi connectivity index (χ2v) is 13.0. The van der Waals surface area contributed by atoms with Crippen molar-refractivity contribution in [2.45, 2.75) is 34.6 Å². The van der Waals surface area contributed by atoms with Crippen LogP contribution in [0.1, 0.15) is 45.0 Å². The summed E-state index contributed by atoms with van der Waals surface area (Å²) in [6.45, 7) is 8.22. The molecule has 2 rings (SSSR count). The first-order chi connectivity index (χ1) is 11.5. The van der Waals surface area contributed by atoms with Crippen molar-refractivity contribution in [1.29, 1.82) is 0 Å². The molecular formula is C18H22O6Te. The van der Waals surface area contributed by atoms with Gasteiger partial charge in [-0.05, 0) is 0 Å². The van der Waals surface area contributed by atoms with Gasteiger partial charge in [0.25, 0.3) is 0 Å². The molecule has 0 unspecified atom stereocenters. The summed E-state index contributed by atoms with van der Waals surface area (Å²) in [5.41, 5.74) is -0.153. The molecule has 25 heavy (non-hydrogen) atoms. The Balaban J connectivity index is 2.87. The second-order valence-electron chi connectivity index (χ2n) is 6.64. The van der Waals surface area contributed by atoms with E-state index in [-0.39, 0.29) is 5.78 Å². The average Bonchev–Trinajstić information content (AvgIpc) is 2.48.